The van der Waals surface area contributed by atoms with E-state index in [2.05, 4.69) is 20.8 Å². The van der Waals surface area contributed by atoms with Gasteiger partial charge in [0.25, 0.3) is 0 Å². The van der Waals surface area contributed by atoms with Crippen LogP contribution in [0, 0.1) is 0 Å². The van der Waals surface area contributed by atoms with E-state index in [0.717, 1.165) is 11.3 Å². The summed E-state index contributed by atoms with van der Waals surface area (Å²) in [6, 6.07) is 7.62. The third-order valence-corrected chi connectivity index (χ3v) is 2.39. The van der Waals surface area contributed by atoms with Gasteiger partial charge in [-0.3, -0.25) is 0 Å². The van der Waals surface area contributed by atoms with Crippen molar-refractivity contribution in [2.24, 2.45) is 21.7 Å². The molecule has 0 radical (unpaired) electrons. The Hall–Kier alpha value is -2.15. The number of guanidine groups is 1. The van der Waals surface area contributed by atoms with E-state index >= 15 is 0 Å². The first-order valence-electron chi connectivity index (χ1n) is 5.25. The second-order valence-electron chi connectivity index (χ2n) is 3.50. The molecule has 0 saturated carbocycles. The van der Waals surface area contributed by atoms with E-state index in [9.17, 15) is 0 Å². The Morgan fingerprint density at radius 2 is 2.00 bits per heavy atom. The molecule has 1 rings (SSSR count). The highest BCUT2D eigenvalue weighted by Gasteiger charge is 2.00. The number of anilines is 1. The van der Waals surface area contributed by atoms with E-state index in [1.807, 2.05) is 31.2 Å². The quantitative estimate of drug-likeness (QED) is 0.277. The molecule has 0 heterocycles. The van der Waals surface area contributed by atoms with Gasteiger partial charge in [0.1, 0.15) is 0 Å². The van der Waals surface area contributed by atoms with Crippen molar-refractivity contribution in [1.29, 1.82) is 0 Å². The highest BCUT2D eigenvalue weighted by molar-refractivity contribution is 7.80. The normalized spacial score (nSPS) is 10.7. The van der Waals surface area contributed by atoms with Crippen molar-refractivity contribution in [3.63, 3.8) is 0 Å². The molecule has 1 aromatic rings. The molecule has 0 unspecified atom stereocenters. The van der Waals surface area contributed by atoms with E-state index in [-0.39, 0.29) is 5.96 Å². The second kappa shape index (κ2) is 6.55. The molecule has 0 aliphatic rings. The summed E-state index contributed by atoms with van der Waals surface area (Å²) in [5, 5.41) is 13.9. The number of rotatable bonds is 3. The number of hydrogen-bond donors (Lipinski definition) is 4. The zero-order chi connectivity index (χ0) is 13.5. The predicted molar refractivity (Wildman–Crippen MR) is 79.7 cm³/mol. The van der Waals surface area contributed by atoms with Crippen LogP contribution in [0.2, 0.25) is 0 Å². The Morgan fingerprint density at radius 1 is 1.28 bits per heavy atom. The van der Waals surface area contributed by atoms with Gasteiger partial charge in [-0.05, 0) is 36.8 Å². The summed E-state index contributed by atoms with van der Waals surface area (Å²) in [4.78, 5) is 0. The van der Waals surface area contributed by atoms with Crippen LogP contribution >= 0.6 is 12.2 Å². The van der Waals surface area contributed by atoms with Crippen LogP contribution in [0.15, 0.2) is 34.5 Å². The fourth-order valence-corrected chi connectivity index (χ4v) is 1.32. The van der Waals surface area contributed by atoms with Gasteiger partial charge >= 0.3 is 0 Å². The lowest BCUT2D eigenvalue weighted by molar-refractivity contribution is 1.19. The summed E-state index contributed by atoms with van der Waals surface area (Å²) in [6.07, 6.45) is 0. The molecule has 0 saturated heterocycles. The Balaban J connectivity index is 2.91. The number of nitrogens with two attached hydrogens (primary N) is 2. The van der Waals surface area contributed by atoms with Gasteiger partial charge in [0, 0.05) is 12.7 Å². The van der Waals surface area contributed by atoms with Gasteiger partial charge in [-0.25, -0.2) is 0 Å². The molecule has 0 amide bonds. The van der Waals surface area contributed by atoms with E-state index in [0.29, 0.717) is 10.8 Å². The first-order chi connectivity index (χ1) is 8.52. The minimum atomic E-state index is -0.0695. The fourth-order valence-electron chi connectivity index (χ4n) is 1.21. The standard InChI is InChI=1S/C11H16N6S/c1-7(16-17-10(12)13)8-4-3-5-9(6-8)15-11(18)14-2/h3-6H,1-2H3,(H4,12,13,17)(H2,14,15,18)/b16-7+. The molecule has 1 aromatic carbocycles. The molecule has 18 heavy (non-hydrogen) atoms. The average molecular weight is 264 g/mol. The van der Waals surface area contributed by atoms with Gasteiger partial charge < -0.3 is 22.1 Å². The van der Waals surface area contributed by atoms with Crippen molar-refractivity contribution in [3.05, 3.63) is 29.8 Å². The molecule has 96 valence electrons. The number of nitrogens with zero attached hydrogens (tertiary/aromatic N) is 2. The van der Waals surface area contributed by atoms with Crippen molar-refractivity contribution in [1.82, 2.24) is 5.32 Å². The van der Waals surface area contributed by atoms with Crippen molar-refractivity contribution >= 4 is 34.7 Å². The van der Waals surface area contributed by atoms with Crippen LogP contribution < -0.4 is 22.1 Å². The third-order valence-electron chi connectivity index (χ3n) is 2.08. The fraction of sp³-hybridized carbons (Fsp3) is 0.182. The molecule has 0 aliphatic heterocycles. The largest absolute Gasteiger partial charge is 0.369 e. The van der Waals surface area contributed by atoms with E-state index < -0.39 is 0 Å². The van der Waals surface area contributed by atoms with Gasteiger partial charge in [-0.2, -0.15) is 5.10 Å². The van der Waals surface area contributed by atoms with Crippen molar-refractivity contribution < 1.29 is 0 Å². The summed E-state index contributed by atoms with van der Waals surface area (Å²) in [5.74, 6) is -0.0695. The third kappa shape index (κ3) is 4.38. The Morgan fingerprint density at radius 3 is 2.61 bits per heavy atom. The Bertz CT molecular complexity index is 490. The molecule has 0 atom stereocenters. The number of hydrogen-bond acceptors (Lipinski definition) is 3. The average Bonchev–Trinajstić information content (AvgIpc) is 2.36. The molecule has 0 spiro atoms. The molecule has 0 aliphatic carbocycles. The lowest BCUT2D eigenvalue weighted by Gasteiger charge is -2.08. The van der Waals surface area contributed by atoms with Crippen LogP contribution in [0.1, 0.15) is 12.5 Å². The SMILES string of the molecule is CNC(=S)Nc1cccc(/C(C)=N/N=C(N)N)c1. The minimum Gasteiger partial charge on any atom is -0.369 e. The second-order valence-corrected chi connectivity index (χ2v) is 3.90. The van der Waals surface area contributed by atoms with Gasteiger partial charge in [-0.1, -0.05) is 12.1 Å². The van der Waals surface area contributed by atoms with Crippen LogP contribution in [-0.2, 0) is 0 Å². The first kappa shape index (κ1) is 13.9. The van der Waals surface area contributed by atoms with Crippen LogP contribution in [0.5, 0.6) is 0 Å². The first-order valence-corrected chi connectivity index (χ1v) is 5.66. The molecular formula is C11H16N6S. The maximum absolute atomic E-state index is 5.22. The molecule has 7 heteroatoms. The molecule has 0 aromatic heterocycles. The predicted octanol–water partition coefficient (Wildman–Crippen LogP) is 0.600. The van der Waals surface area contributed by atoms with Crippen LogP contribution in [0.3, 0.4) is 0 Å². The molecule has 6 N–H and O–H groups in total. The van der Waals surface area contributed by atoms with Gasteiger partial charge in [0.05, 0.1) is 5.71 Å². The zero-order valence-electron chi connectivity index (χ0n) is 10.3. The topological polar surface area (TPSA) is 101 Å². The van der Waals surface area contributed by atoms with Crippen molar-refractivity contribution in [2.45, 2.75) is 6.92 Å². The van der Waals surface area contributed by atoms with Gasteiger partial charge in [0.15, 0.2) is 5.11 Å². The van der Waals surface area contributed by atoms with E-state index in [4.69, 9.17) is 23.7 Å². The smallest absolute Gasteiger partial charge is 0.211 e. The summed E-state index contributed by atoms with van der Waals surface area (Å²) in [5.41, 5.74) is 12.9. The summed E-state index contributed by atoms with van der Waals surface area (Å²) in [7, 11) is 1.75. The summed E-state index contributed by atoms with van der Waals surface area (Å²) >= 11 is 5.02. The lowest BCUT2D eigenvalue weighted by atomic mass is 10.1. The van der Waals surface area contributed by atoms with E-state index in [1.165, 1.54) is 0 Å². The van der Waals surface area contributed by atoms with Gasteiger partial charge in [0.2, 0.25) is 5.96 Å². The number of benzene rings is 1. The van der Waals surface area contributed by atoms with Gasteiger partial charge in [-0.15, -0.1) is 5.10 Å². The highest BCUT2D eigenvalue weighted by atomic mass is 32.1. The van der Waals surface area contributed by atoms with Crippen LogP contribution in [-0.4, -0.2) is 23.8 Å². The lowest BCUT2D eigenvalue weighted by Crippen LogP contribution is -2.24. The highest BCUT2D eigenvalue weighted by Crippen LogP contribution is 2.11. The zero-order valence-corrected chi connectivity index (χ0v) is 11.1. The monoisotopic (exact) mass is 264 g/mol. The maximum Gasteiger partial charge on any atom is 0.211 e. The Labute approximate surface area is 111 Å². The van der Waals surface area contributed by atoms with Crippen molar-refractivity contribution in [2.75, 3.05) is 12.4 Å². The van der Waals surface area contributed by atoms with E-state index in [1.54, 1.807) is 7.05 Å². The minimum absolute atomic E-state index is 0.0695. The summed E-state index contributed by atoms with van der Waals surface area (Å²) in [6.45, 7) is 1.82. The molecular weight excluding hydrogens is 248 g/mol. The number of thiocarbonyl (C=S) groups is 1. The maximum atomic E-state index is 5.22. The van der Waals surface area contributed by atoms with Crippen LogP contribution in [0.4, 0.5) is 5.69 Å². The molecule has 6 nitrogen and oxygen atoms in total. The summed E-state index contributed by atoms with van der Waals surface area (Å²) < 4.78 is 0. The Kier molecular flexibility index (Phi) is 5.06. The number of nitrogens with one attached hydrogen (secondary N) is 2. The molecule has 0 fully saturated rings. The molecule has 0 bridgehead atoms. The van der Waals surface area contributed by atoms with Crippen molar-refractivity contribution in [3.8, 4) is 0 Å². The van der Waals surface area contributed by atoms with Crippen LogP contribution in [0.25, 0.3) is 0 Å².